The van der Waals surface area contributed by atoms with Crippen molar-refractivity contribution in [1.82, 2.24) is 5.32 Å². The summed E-state index contributed by atoms with van der Waals surface area (Å²) in [4.78, 5) is 0. The highest BCUT2D eigenvalue weighted by Crippen LogP contribution is 2.28. The van der Waals surface area contributed by atoms with E-state index in [1.54, 1.807) is 19.2 Å². The summed E-state index contributed by atoms with van der Waals surface area (Å²) in [5, 5.41) is 3.13. The maximum absolute atomic E-state index is 14.0. The zero-order chi connectivity index (χ0) is 15.1. The van der Waals surface area contributed by atoms with Crippen molar-refractivity contribution >= 4 is 22.6 Å². The molecule has 2 rings (SSSR count). The molecule has 0 saturated heterocycles. The molecule has 0 fully saturated rings. The second-order valence-corrected chi connectivity index (χ2v) is 5.69. The van der Waals surface area contributed by atoms with Crippen molar-refractivity contribution in [1.29, 1.82) is 0 Å². The van der Waals surface area contributed by atoms with Crippen LogP contribution in [0.3, 0.4) is 0 Å². The number of ether oxygens (including phenoxy) is 2. The summed E-state index contributed by atoms with van der Waals surface area (Å²) in [7, 11) is 1.64. The summed E-state index contributed by atoms with van der Waals surface area (Å²) < 4.78 is 25.8. The lowest BCUT2D eigenvalue weighted by atomic mass is 10.2. The van der Waals surface area contributed by atoms with Crippen molar-refractivity contribution in [2.45, 2.75) is 6.54 Å². The second kappa shape index (κ2) is 8.31. The van der Waals surface area contributed by atoms with E-state index in [0.717, 1.165) is 3.57 Å². The van der Waals surface area contributed by atoms with Gasteiger partial charge in [-0.2, -0.15) is 0 Å². The maximum Gasteiger partial charge on any atom is 0.134 e. The van der Waals surface area contributed by atoms with Gasteiger partial charge in [0.15, 0.2) is 0 Å². The first-order valence-corrected chi connectivity index (χ1v) is 7.69. The van der Waals surface area contributed by atoms with E-state index in [2.05, 4.69) is 27.9 Å². The summed E-state index contributed by atoms with van der Waals surface area (Å²) >= 11 is 2.22. The van der Waals surface area contributed by atoms with Gasteiger partial charge in [0.05, 0.1) is 6.61 Å². The molecule has 21 heavy (non-hydrogen) atoms. The minimum absolute atomic E-state index is 0.275. The van der Waals surface area contributed by atoms with Crippen LogP contribution < -0.4 is 10.1 Å². The summed E-state index contributed by atoms with van der Waals surface area (Å²) in [6, 6.07) is 12.5. The van der Waals surface area contributed by atoms with Gasteiger partial charge in [-0.05, 0) is 52.9 Å². The highest BCUT2D eigenvalue weighted by atomic mass is 127. The van der Waals surface area contributed by atoms with Gasteiger partial charge in [-0.15, -0.1) is 0 Å². The molecule has 112 valence electrons. The Kier molecular flexibility index (Phi) is 6.41. The number of nitrogens with one attached hydrogen (secondary N) is 1. The summed E-state index contributed by atoms with van der Waals surface area (Å²) in [5.41, 5.74) is 0.521. The number of hydrogen-bond donors (Lipinski definition) is 1. The topological polar surface area (TPSA) is 30.5 Å². The number of rotatable bonds is 7. The van der Waals surface area contributed by atoms with Gasteiger partial charge in [0.1, 0.15) is 17.3 Å². The van der Waals surface area contributed by atoms with Crippen molar-refractivity contribution < 1.29 is 13.9 Å². The van der Waals surface area contributed by atoms with E-state index >= 15 is 0 Å². The molecular weight excluding hydrogens is 384 g/mol. The number of hydrogen-bond acceptors (Lipinski definition) is 3. The normalized spacial score (nSPS) is 10.6. The molecule has 0 atom stereocenters. The van der Waals surface area contributed by atoms with E-state index in [1.165, 1.54) is 6.07 Å². The molecule has 0 radical (unpaired) electrons. The van der Waals surface area contributed by atoms with Crippen LogP contribution in [-0.4, -0.2) is 20.3 Å². The number of halogens is 2. The highest BCUT2D eigenvalue weighted by molar-refractivity contribution is 14.1. The third-order valence-corrected chi connectivity index (χ3v) is 3.56. The van der Waals surface area contributed by atoms with Gasteiger partial charge in [-0.25, -0.2) is 4.39 Å². The summed E-state index contributed by atoms with van der Waals surface area (Å²) in [6.45, 7) is 1.64. The second-order valence-electron chi connectivity index (χ2n) is 4.45. The van der Waals surface area contributed by atoms with Gasteiger partial charge in [-0.1, -0.05) is 12.1 Å². The minimum atomic E-state index is -0.275. The Balaban J connectivity index is 2.13. The quantitative estimate of drug-likeness (QED) is 0.563. The van der Waals surface area contributed by atoms with Crippen LogP contribution >= 0.6 is 22.6 Å². The van der Waals surface area contributed by atoms with E-state index in [0.29, 0.717) is 36.8 Å². The van der Waals surface area contributed by atoms with Crippen LogP contribution in [0.4, 0.5) is 4.39 Å². The molecular formula is C16H17FINO2. The van der Waals surface area contributed by atoms with Crippen LogP contribution in [0.1, 0.15) is 5.56 Å². The average Bonchev–Trinajstić information content (AvgIpc) is 2.46. The lowest BCUT2D eigenvalue weighted by Crippen LogP contribution is -2.19. The minimum Gasteiger partial charge on any atom is -0.457 e. The lowest BCUT2D eigenvalue weighted by Gasteiger charge is -2.13. The van der Waals surface area contributed by atoms with Crippen LogP contribution in [0.5, 0.6) is 11.5 Å². The van der Waals surface area contributed by atoms with E-state index < -0.39 is 0 Å². The molecule has 5 heteroatoms. The Morgan fingerprint density at radius 3 is 2.76 bits per heavy atom. The highest BCUT2D eigenvalue weighted by Gasteiger charge is 2.10. The molecule has 0 bridgehead atoms. The van der Waals surface area contributed by atoms with E-state index in [4.69, 9.17) is 9.47 Å². The third-order valence-electron chi connectivity index (χ3n) is 2.88. The molecule has 2 aromatic rings. The molecule has 0 aromatic heterocycles. The zero-order valence-corrected chi connectivity index (χ0v) is 13.9. The Morgan fingerprint density at radius 1 is 1.19 bits per heavy atom. The first kappa shape index (κ1) is 16.2. The van der Waals surface area contributed by atoms with Crippen molar-refractivity contribution in [3.8, 4) is 11.5 Å². The van der Waals surface area contributed by atoms with Gasteiger partial charge < -0.3 is 14.8 Å². The maximum atomic E-state index is 14.0. The number of benzene rings is 2. The van der Waals surface area contributed by atoms with Crippen LogP contribution in [0.15, 0.2) is 42.5 Å². The van der Waals surface area contributed by atoms with Crippen molar-refractivity contribution in [3.63, 3.8) is 0 Å². The fraction of sp³-hybridized carbons (Fsp3) is 0.250. The fourth-order valence-electron chi connectivity index (χ4n) is 1.85. The van der Waals surface area contributed by atoms with Crippen molar-refractivity contribution in [2.75, 3.05) is 20.3 Å². The first-order valence-electron chi connectivity index (χ1n) is 6.61. The fourth-order valence-corrected chi connectivity index (χ4v) is 2.37. The largest absolute Gasteiger partial charge is 0.457 e. The molecule has 0 unspecified atom stereocenters. The predicted octanol–water partition coefficient (Wildman–Crippen LogP) is 3.96. The van der Waals surface area contributed by atoms with Crippen molar-refractivity contribution in [2.24, 2.45) is 0 Å². The molecule has 0 aliphatic heterocycles. The molecule has 0 aliphatic rings. The van der Waals surface area contributed by atoms with Gasteiger partial charge in [0, 0.05) is 29.3 Å². The molecule has 0 spiro atoms. The van der Waals surface area contributed by atoms with Gasteiger partial charge in [0.25, 0.3) is 0 Å². The third kappa shape index (κ3) is 4.94. The predicted molar refractivity (Wildman–Crippen MR) is 89.2 cm³/mol. The Morgan fingerprint density at radius 2 is 2.00 bits per heavy atom. The van der Waals surface area contributed by atoms with Gasteiger partial charge >= 0.3 is 0 Å². The SMILES string of the molecule is COCCNCc1c(F)cccc1Oc1cccc(I)c1. The summed E-state index contributed by atoms with van der Waals surface area (Å²) in [5.74, 6) is 0.954. The van der Waals surface area contributed by atoms with Crippen LogP contribution in [-0.2, 0) is 11.3 Å². The molecule has 1 N–H and O–H groups in total. The Labute approximate surface area is 137 Å². The molecule has 0 saturated carbocycles. The standard InChI is InChI=1S/C16H17FINO2/c1-20-9-8-19-11-14-15(17)6-3-7-16(14)21-13-5-2-4-12(18)10-13/h2-7,10,19H,8-9,11H2,1H3. The van der Waals surface area contributed by atoms with Crippen molar-refractivity contribution in [3.05, 3.63) is 57.4 Å². The molecule has 2 aromatic carbocycles. The lowest BCUT2D eigenvalue weighted by molar-refractivity contribution is 0.199. The molecule has 0 aliphatic carbocycles. The average molecular weight is 401 g/mol. The van der Waals surface area contributed by atoms with E-state index in [1.807, 2.05) is 24.3 Å². The molecule has 3 nitrogen and oxygen atoms in total. The molecule has 0 heterocycles. The Hall–Kier alpha value is -1.18. The van der Waals surface area contributed by atoms with Crippen LogP contribution in [0.25, 0.3) is 0 Å². The smallest absolute Gasteiger partial charge is 0.134 e. The van der Waals surface area contributed by atoms with E-state index in [9.17, 15) is 4.39 Å². The Bertz CT molecular complexity index is 592. The van der Waals surface area contributed by atoms with E-state index in [-0.39, 0.29) is 5.82 Å². The molecule has 0 amide bonds. The van der Waals surface area contributed by atoms with Crippen LogP contribution in [0, 0.1) is 9.39 Å². The summed E-state index contributed by atoms with van der Waals surface area (Å²) in [6.07, 6.45) is 0. The number of methoxy groups -OCH3 is 1. The van der Waals surface area contributed by atoms with Gasteiger partial charge in [0.2, 0.25) is 0 Å². The first-order chi connectivity index (χ1) is 10.2. The van der Waals surface area contributed by atoms with Gasteiger partial charge in [-0.3, -0.25) is 0 Å². The monoisotopic (exact) mass is 401 g/mol. The zero-order valence-electron chi connectivity index (χ0n) is 11.7. The van der Waals surface area contributed by atoms with Crippen LogP contribution in [0.2, 0.25) is 0 Å².